The lowest BCUT2D eigenvalue weighted by molar-refractivity contribution is -0.145. The number of hydrogen-bond donors (Lipinski definition) is 0. The third kappa shape index (κ3) is 6.24. The average Bonchev–Trinajstić information content (AvgIpc) is 2.63. The van der Waals surface area contributed by atoms with Gasteiger partial charge in [-0.3, -0.25) is 4.79 Å². The lowest BCUT2D eigenvalue weighted by Gasteiger charge is -2.20. The molecule has 0 radical (unpaired) electrons. The molecule has 4 heteroatoms. The van der Waals surface area contributed by atoms with Crippen molar-refractivity contribution in [3.05, 3.63) is 65.7 Å². The molecule has 0 spiro atoms. The Kier molecular flexibility index (Phi) is 7.48. The van der Waals surface area contributed by atoms with Crippen LogP contribution in [0.15, 0.2) is 54.6 Å². The van der Waals surface area contributed by atoms with E-state index in [1.54, 1.807) is 0 Å². The van der Waals surface area contributed by atoms with E-state index in [0.717, 1.165) is 23.3 Å². The van der Waals surface area contributed by atoms with Crippen molar-refractivity contribution in [3.8, 4) is 5.75 Å². The highest BCUT2D eigenvalue weighted by Crippen LogP contribution is 2.22. The van der Waals surface area contributed by atoms with Gasteiger partial charge in [-0.15, -0.1) is 0 Å². The van der Waals surface area contributed by atoms with Crippen molar-refractivity contribution in [1.82, 2.24) is 4.90 Å². The van der Waals surface area contributed by atoms with Crippen LogP contribution >= 0.6 is 0 Å². The van der Waals surface area contributed by atoms with Crippen LogP contribution in [0.3, 0.4) is 0 Å². The second-order valence-corrected chi connectivity index (χ2v) is 6.33. The Balaban J connectivity index is 2.02. The third-order valence-electron chi connectivity index (χ3n) is 3.81. The summed E-state index contributed by atoms with van der Waals surface area (Å²) in [7, 11) is 3.91. The van der Waals surface area contributed by atoms with Crippen molar-refractivity contribution in [2.24, 2.45) is 0 Å². The number of ether oxygens (including phenoxy) is 2. The van der Waals surface area contributed by atoms with E-state index in [4.69, 9.17) is 9.47 Å². The summed E-state index contributed by atoms with van der Waals surface area (Å²) in [6.45, 7) is 3.60. The molecule has 0 bridgehead atoms. The van der Waals surface area contributed by atoms with Gasteiger partial charge in [0, 0.05) is 6.54 Å². The van der Waals surface area contributed by atoms with Crippen LogP contribution in [0, 0.1) is 0 Å². The molecule has 0 fully saturated rings. The van der Waals surface area contributed by atoms with Crippen molar-refractivity contribution >= 4 is 5.97 Å². The molecule has 0 aliphatic rings. The second kappa shape index (κ2) is 9.84. The molecule has 0 saturated heterocycles. The average molecular weight is 341 g/mol. The molecule has 0 aromatic heterocycles. The van der Waals surface area contributed by atoms with Gasteiger partial charge in [-0.25, -0.2) is 0 Å². The predicted molar refractivity (Wildman–Crippen MR) is 99.8 cm³/mol. The number of carbonyl (C=O) groups excluding carboxylic acids is 1. The van der Waals surface area contributed by atoms with Crippen LogP contribution in [0.5, 0.6) is 5.75 Å². The number of rotatable bonds is 9. The van der Waals surface area contributed by atoms with E-state index in [1.165, 1.54) is 0 Å². The monoisotopic (exact) mass is 341 g/mol. The van der Waals surface area contributed by atoms with Crippen molar-refractivity contribution in [2.45, 2.75) is 25.9 Å². The van der Waals surface area contributed by atoms with Crippen LogP contribution in [0.25, 0.3) is 0 Å². The summed E-state index contributed by atoms with van der Waals surface area (Å²) in [5.41, 5.74) is 2.07. The number of carbonyl (C=O) groups is 1. The number of likely N-dealkylation sites (N-methyl/N-ethyl adjacent to an activating group) is 1. The number of esters is 1. The van der Waals surface area contributed by atoms with Gasteiger partial charge in [-0.2, -0.15) is 0 Å². The highest BCUT2D eigenvalue weighted by molar-refractivity contribution is 5.78. The van der Waals surface area contributed by atoms with Crippen LogP contribution in [0.4, 0.5) is 0 Å². The summed E-state index contributed by atoms with van der Waals surface area (Å²) >= 11 is 0. The minimum atomic E-state index is -0.287. The molecule has 2 aromatic rings. The Labute approximate surface area is 150 Å². The Morgan fingerprint density at radius 2 is 1.72 bits per heavy atom. The van der Waals surface area contributed by atoms with Gasteiger partial charge in [0.2, 0.25) is 0 Å². The molecular formula is C21H27NO3. The normalized spacial score (nSPS) is 12.0. The highest BCUT2D eigenvalue weighted by atomic mass is 16.5. The van der Waals surface area contributed by atoms with Crippen LogP contribution in [0.1, 0.15) is 30.4 Å². The molecule has 2 rings (SSSR count). The van der Waals surface area contributed by atoms with Gasteiger partial charge in [0.25, 0.3) is 0 Å². The maximum atomic E-state index is 12.4. The smallest absolute Gasteiger partial charge is 0.314 e. The van der Waals surface area contributed by atoms with E-state index in [0.29, 0.717) is 19.8 Å². The lowest BCUT2D eigenvalue weighted by atomic mass is 9.98. The largest absolute Gasteiger partial charge is 0.489 e. The van der Waals surface area contributed by atoms with Crippen LogP contribution in [0.2, 0.25) is 0 Å². The highest BCUT2D eigenvalue weighted by Gasteiger charge is 2.23. The fourth-order valence-corrected chi connectivity index (χ4v) is 2.52. The van der Waals surface area contributed by atoms with Crippen LogP contribution in [-0.2, 0) is 16.1 Å². The molecule has 0 aliphatic heterocycles. The summed E-state index contributed by atoms with van der Waals surface area (Å²) in [6.07, 6.45) is 0.826. The van der Waals surface area contributed by atoms with Crippen LogP contribution < -0.4 is 4.74 Å². The second-order valence-electron chi connectivity index (χ2n) is 6.33. The SMILES string of the molecule is CCCOC(=O)C(CN(C)C)c1ccc(OCc2ccccc2)cc1. The first-order chi connectivity index (χ1) is 12.1. The molecular weight excluding hydrogens is 314 g/mol. The molecule has 1 unspecified atom stereocenters. The summed E-state index contributed by atoms with van der Waals surface area (Å²) < 4.78 is 11.2. The van der Waals surface area contributed by atoms with Gasteiger partial charge >= 0.3 is 5.97 Å². The van der Waals surface area contributed by atoms with Crippen molar-refractivity contribution in [2.75, 3.05) is 27.2 Å². The zero-order valence-corrected chi connectivity index (χ0v) is 15.3. The lowest BCUT2D eigenvalue weighted by Crippen LogP contribution is -2.27. The first kappa shape index (κ1) is 19.0. The van der Waals surface area contributed by atoms with Crippen LogP contribution in [-0.4, -0.2) is 38.1 Å². The first-order valence-corrected chi connectivity index (χ1v) is 8.68. The van der Waals surface area contributed by atoms with E-state index < -0.39 is 0 Å². The molecule has 0 saturated carbocycles. The summed E-state index contributed by atoms with van der Waals surface area (Å²) in [6, 6.07) is 17.8. The third-order valence-corrected chi connectivity index (χ3v) is 3.81. The fourth-order valence-electron chi connectivity index (χ4n) is 2.52. The van der Waals surface area contributed by atoms with Gasteiger partial charge in [-0.05, 0) is 43.8 Å². The quantitative estimate of drug-likeness (QED) is 0.649. The maximum Gasteiger partial charge on any atom is 0.314 e. The van der Waals surface area contributed by atoms with E-state index >= 15 is 0 Å². The molecule has 4 nitrogen and oxygen atoms in total. The Hall–Kier alpha value is -2.33. The van der Waals surface area contributed by atoms with Crippen molar-refractivity contribution in [3.63, 3.8) is 0 Å². The minimum Gasteiger partial charge on any atom is -0.489 e. The fraction of sp³-hybridized carbons (Fsp3) is 0.381. The van der Waals surface area contributed by atoms with Gasteiger partial charge in [0.05, 0.1) is 12.5 Å². The predicted octanol–water partition coefficient (Wildman–Crippen LogP) is 3.86. The van der Waals surface area contributed by atoms with Gasteiger partial charge in [-0.1, -0.05) is 49.4 Å². The van der Waals surface area contributed by atoms with Crippen molar-refractivity contribution in [1.29, 1.82) is 0 Å². The number of hydrogen-bond acceptors (Lipinski definition) is 4. The molecule has 1 atom stereocenters. The molecule has 0 heterocycles. The maximum absolute atomic E-state index is 12.4. The van der Waals surface area contributed by atoms with Gasteiger partial charge in [0.15, 0.2) is 0 Å². The van der Waals surface area contributed by atoms with E-state index in [2.05, 4.69) is 0 Å². The van der Waals surface area contributed by atoms with E-state index in [9.17, 15) is 4.79 Å². The molecule has 134 valence electrons. The molecule has 0 aliphatic carbocycles. The number of benzene rings is 2. The summed E-state index contributed by atoms with van der Waals surface area (Å²) in [4.78, 5) is 14.4. The molecule has 0 N–H and O–H groups in total. The van der Waals surface area contributed by atoms with Gasteiger partial charge < -0.3 is 14.4 Å². The number of nitrogens with zero attached hydrogens (tertiary/aromatic N) is 1. The Morgan fingerprint density at radius 1 is 1.04 bits per heavy atom. The van der Waals surface area contributed by atoms with E-state index in [-0.39, 0.29) is 11.9 Å². The van der Waals surface area contributed by atoms with Crippen molar-refractivity contribution < 1.29 is 14.3 Å². The zero-order valence-electron chi connectivity index (χ0n) is 15.3. The summed E-state index contributed by atoms with van der Waals surface area (Å²) in [5, 5.41) is 0. The molecule has 25 heavy (non-hydrogen) atoms. The Bertz CT molecular complexity index is 638. The standard InChI is InChI=1S/C21H27NO3/c1-4-14-24-21(23)20(15-22(2)3)18-10-12-19(13-11-18)25-16-17-8-6-5-7-9-17/h5-13,20H,4,14-16H2,1-3H3. The Morgan fingerprint density at radius 3 is 2.32 bits per heavy atom. The zero-order chi connectivity index (χ0) is 18.1. The first-order valence-electron chi connectivity index (χ1n) is 8.68. The molecule has 0 amide bonds. The minimum absolute atomic E-state index is 0.173. The van der Waals surface area contributed by atoms with Gasteiger partial charge in [0.1, 0.15) is 12.4 Å². The summed E-state index contributed by atoms with van der Waals surface area (Å²) in [5.74, 6) is 0.330. The van der Waals surface area contributed by atoms with E-state index in [1.807, 2.05) is 80.5 Å². The topological polar surface area (TPSA) is 38.8 Å². The molecule has 2 aromatic carbocycles.